The van der Waals surface area contributed by atoms with Gasteiger partial charge in [-0.1, -0.05) is 0 Å². The molecule has 0 spiro atoms. The monoisotopic (exact) mass is 276 g/mol. The van der Waals surface area contributed by atoms with Crippen LogP contribution in [0.2, 0.25) is 0 Å². The minimum atomic E-state index is -1.71. The number of nitrogens with two attached hydrogens (primary N) is 1. The molecule has 0 aliphatic carbocycles. The molecule has 0 aromatic carbocycles. The van der Waals surface area contributed by atoms with E-state index in [-0.39, 0.29) is 0 Å². The van der Waals surface area contributed by atoms with Gasteiger partial charge in [0.2, 0.25) is 0 Å². The van der Waals surface area contributed by atoms with Gasteiger partial charge in [-0.3, -0.25) is 0 Å². The first-order chi connectivity index (χ1) is 3.81. The van der Waals surface area contributed by atoms with Gasteiger partial charge in [0, 0.05) is 0 Å². The van der Waals surface area contributed by atoms with Crippen LogP contribution in [-0.4, -0.2) is 25.1 Å². The first-order valence-corrected chi connectivity index (χ1v) is 4.22. The van der Waals surface area contributed by atoms with Gasteiger partial charge in [-0.15, -0.1) is 0 Å². The standard InChI is InChI=1S/C2H4Cl4N2Se/c3-1(4,7)2(5,6)8-9/h8-9H,7H2. The van der Waals surface area contributed by atoms with E-state index < -0.39 is 8.91 Å². The molecule has 0 fully saturated rings. The molecule has 0 radical (unpaired) electrons. The molecule has 0 atom stereocenters. The molecule has 9 heavy (non-hydrogen) atoms. The second kappa shape index (κ2) is 3.33. The molecule has 0 saturated heterocycles. The minimum absolute atomic E-state index is 1.55. The van der Waals surface area contributed by atoms with Crippen molar-refractivity contribution in [1.29, 1.82) is 0 Å². The third-order valence-corrected chi connectivity index (χ3v) is 3.58. The van der Waals surface area contributed by atoms with Crippen LogP contribution in [0.3, 0.4) is 0 Å². The fraction of sp³-hybridized carbons (Fsp3) is 1.00. The van der Waals surface area contributed by atoms with E-state index in [2.05, 4.69) is 4.33 Å². The summed E-state index contributed by atoms with van der Waals surface area (Å²) in [5.41, 5.74) is 5.12. The van der Waals surface area contributed by atoms with Crippen LogP contribution < -0.4 is 10.1 Å². The predicted molar refractivity (Wildman–Crippen MR) is 43.3 cm³/mol. The quantitative estimate of drug-likeness (QED) is 0.441. The first-order valence-electron chi connectivity index (χ1n) is 1.77. The van der Waals surface area contributed by atoms with Gasteiger partial charge in [-0.25, -0.2) is 0 Å². The van der Waals surface area contributed by atoms with Crippen molar-refractivity contribution in [2.75, 3.05) is 0 Å². The topological polar surface area (TPSA) is 38.0 Å². The molecule has 56 valence electrons. The molecule has 0 aliphatic heterocycles. The van der Waals surface area contributed by atoms with Gasteiger partial charge >= 0.3 is 81.6 Å². The van der Waals surface area contributed by atoms with E-state index in [1.807, 2.05) is 16.2 Å². The zero-order chi connectivity index (χ0) is 7.71. The van der Waals surface area contributed by atoms with Crippen LogP contribution in [0, 0.1) is 0 Å². The fourth-order valence-electron chi connectivity index (χ4n) is 0.0745. The average molecular weight is 277 g/mol. The van der Waals surface area contributed by atoms with Crippen molar-refractivity contribution in [3.63, 3.8) is 0 Å². The Hall–Kier alpha value is 1.60. The van der Waals surface area contributed by atoms with Crippen molar-refractivity contribution in [3.05, 3.63) is 0 Å². The Morgan fingerprint density at radius 2 is 1.56 bits per heavy atom. The fourth-order valence-corrected chi connectivity index (χ4v) is 0.826. The number of nitrogens with one attached hydrogen (secondary N) is 1. The summed E-state index contributed by atoms with van der Waals surface area (Å²) in [7, 11) is 0. The van der Waals surface area contributed by atoms with Crippen LogP contribution in [0.4, 0.5) is 0 Å². The molecule has 0 bridgehead atoms. The SMILES string of the molecule is NC(Cl)(Cl)C(Cl)(Cl)N[SeH]. The van der Waals surface area contributed by atoms with Gasteiger partial charge in [-0.05, 0) is 0 Å². The van der Waals surface area contributed by atoms with Crippen molar-refractivity contribution >= 4 is 62.6 Å². The summed E-state index contributed by atoms with van der Waals surface area (Å²) in [5, 5.41) is 0. The molecule has 0 rings (SSSR count). The molecular weight excluding hydrogens is 273 g/mol. The summed E-state index contributed by atoms with van der Waals surface area (Å²) in [6.07, 6.45) is 0. The van der Waals surface area contributed by atoms with E-state index in [1.165, 1.54) is 0 Å². The van der Waals surface area contributed by atoms with Crippen molar-refractivity contribution < 1.29 is 0 Å². The summed E-state index contributed by atoms with van der Waals surface area (Å²) in [5.74, 6) is 0. The number of halogens is 4. The van der Waals surface area contributed by atoms with Crippen molar-refractivity contribution in [2.45, 2.75) is 8.91 Å². The Morgan fingerprint density at radius 1 is 1.22 bits per heavy atom. The number of rotatable bonds is 2. The molecule has 2 nitrogen and oxygen atoms in total. The van der Waals surface area contributed by atoms with Crippen LogP contribution in [0.1, 0.15) is 0 Å². The van der Waals surface area contributed by atoms with Crippen LogP contribution in [0.25, 0.3) is 0 Å². The van der Waals surface area contributed by atoms with Gasteiger partial charge in [0.05, 0.1) is 0 Å². The second-order valence-corrected chi connectivity index (χ2v) is 4.49. The van der Waals surface area contributed by atoms with Crippen LogP contribution in [0.5, 0.6) is 0 Å². The van der Waals surface area contributed by atoms with Gasteiger partial charge < -0.3 is 0 Å². The molecule has 0 amide bonds. The molecule has 0 saturated carbocycles. The third kappa shape index (κ3) is 3.00. The van der Waals surface area contributed by atoms with Crippen molar-refractivity contribution in [2.24, 2.45) is 5.73 Å². The summed E-state index contributed by atoms with van der Waals surface area (Å²) in [6.45, 7) is 0. The summed E-state index contributed by atoms with van der Waals surface area (Å²) < 4.78 is -0.890. The number of hydrogen-bond donors (Lipinski definition) is 2. The van der Waals surface area contributed by atoms with Gasteiger partial charge in [0.15, 0.2) is 0 Å². The molecule has 7 heteroatoms. The van der Waals surface area contributed by atoms with E-state index in [4.69, 9.17) is 52.1 Å². The Balaban J connectivity index is 4.14. The summed E-state index contributed by atoms with van der Waals surface area (Å²) in [4.78, 5) is 0. The Labute approximate surface area is 81.4 Å². The van der Waals surface area contributed by atoms with E-state index in [9.17, 15) is 0 Å². The van der Waals surface area contributed by atoms with Crippen molar-refractivity contribution in [1.82, 2.24) is 4.33 Å². The molecule has 0 heterocycles. The zero-order valence-corrected chi connectivity index (χ0v) is 8.94. The summed E-state index contributed by atoms with van der Waals surface area (Å²) >= 11 is 23.5. The van der Waals surface area contributed by atoms with Crippen LogP contribution in [0.15, 0.2) is 0 Å². The molecule has 0 aromatic heterocycles. The molecule has 3 N–H and O–H groups in total. The maximum absolute atomic E-state index is 5.45. The third-order valence-electron chi connectivity index (χ3n) is 0.559. The van der Waals surface area contributed by atoms with Crippen molar-refractivity contribution in [3.8, 4) is 0 Å². The molecule has 0 unspecified atom stereocenters. The second-order valence-electron chi connectivity index (χ2n) is 1.31. The maximum atomic E-state index is 5.45. The summed E-state index contributed by atoms with van der Waals surface area (Å²) in [6, 6.07) is 0. The Kier molecular flexibility index (Phi) is 3.92. The zero-order valence-electron chi connectivity index (χ0n) is 4.04. The van der Waals surface area contributed by atoms with Gasteiger partial charge in [0.1, 0.15) is 0 Å². The number of hydrogen-bond acceptors (Lipinski definition) is 2. The Morgan fingerprint density at radius 3 is 1.56 bits per heavy atom. The predicted octanol–water partition coefficient (Wildman–Crippen LogP) is 0.613. The Bertz CT molecular complexity index is 99.2. The van der Waals surface area contributed by atoms with Gasteiger partial charge in [-0.2, -0.15) is 0 Å². The van der Waals surface area contributed by atoms with E-state index >= 15 is 0 Å². The molecular formula is C2H4Cl4N2Se. The van der Waals surface area contributed by atoms with Gasteiger partial charge in [0.25, 0.3) is 0 Å². The van der Waals surface area contributed by atoms with E-state index in [1.54, 1.807) is 0 Å². The first kappa shape index (κ1) is 10.6. The average Bonchev–Trinajstić information content (AvgIpc) is 1.64. The number of alkyl halides is 4. The molecule has 0 aliphatic rings. The van der Waals surface area contributed by atoms with Crippen LogP contribution in [-0.2, 0) is 0 Å². The van der Waals surface area contributed by atoms with Crippen LogP contribution >= 0.6 is 46.4 Å². The van der Waals surface area contributed by atoms with E-state index in [0.717, 1.165) is 0 Å². The van der Waals surface area contributed by atoms with E-state index in [0.29, 0.717) is 0 Å². The normalized spacial score (nSPS) is 14.0. The molecule has 0 aromatic rings.